The SMILES string of the molecule is C[C@@H](O[Si](C)(C)C)[C@@H]1C[C@H](C=O)[C@@H]2c3[nH]c4ccccc4c3CCN2C1. The van der Waals surface area contributed by atoms with Crippen LogP contribution in [-0.4, -0.2) is 43.7 Å². The highest BCUT2D eigenvalue weighted by Gasteiger charge is 2.43. The van der Waals surface area contributed by atoms with Gasteiger partial charge in [0.2, 0.25) is 0 Å². The summed E-state index contributed by atoms with van der Waals surface area (Å²) in [5.74, 6) is 0.465. The zero-order valence-corrected chi connectivity index (χ0v) is 17.3. The van der Waals surface area contributed by atoms with E-state index in [9.17, 15) is 4.79 Å². The van der Waals surface area contributed by atoms with Crippen LogP contribution in [-0.2, 0) is 15.6 Å². The van der Waals surface area contributed by atoms with Crippen LogP contribution in [0, 0.1) is 11.8 Å². The van der Waals surface area contributed by atoms with Crippen LogP contribution in [0.4, 0.5) is 0 Å². The molecule has 0 bridgehead atoms. The number of rotatable bonds is 4. The lowest BCUT2D eigenvalue weighted by molar-refractivity contribution is -0.117. The van der Waals surface area contributed by atoms with Crippen LogP contribution in [0.5, 0.6) is 0 Å². The number of nitrogens with zero attached hydrogens (tertiary/aromatic N) is 1. The van der Waals surface area contributed by atoms with Gasteiger partial charge in [-0.25, -0.2) is 0 Å². The van der Waals surface area contributed by atoms with Gasteiger partial charge in [-0.3, -0.25) is 4.90 Å². The van der Waals surface area contributed by atoms with E-state index in [1.54, 1.807) is 0 Å². The Hall–Kier alpha value is -1.43. The molecule has 0 aliphatic carbocycles. The van der Waals surface area contributed by atoms with E-state index >= 15 is 0 Å². The Bertz CT molecular complexity index is 810. The minimum absolute atomic E-state index is 0.0357. The second-order valence-electron chi connectivity index (χ2n) is 8.98. The van der Waals surface area contributed by atoms with Crippen molar-refractivity contribution in [2.75, 3.05) is 13.1 Å². The molecule has 5 heteroatoms. The molecule has 1 N–H and O–H groups in total. The first-order chi connectivity index (χ1) is 12.4. The summed E-state index contributed by atoms with van der Waals surface area (Å²) in [6, 6.07) is 8.71. The summed E-state index contributed by atoms with van der Waals surface area (Å²) in [6.07, 6.45) is 3.38. The molecule has 1 aromatic heterocycles. The van der Waals surface area contributed by atoms with Crippen LogP contribution in [0.3, 0.4) is 0 Å². The number of piperidine rings is 1. The Labute approximate surface area is 157 Å². The molecule has 2 aliphatic heterocycles. The molecule has 0 unspecified atom stereocenters. The molecular formula is C21H30N2O2Si. The predicted molar refractivity (Wildman–Crippen MR) is 108 cm³/mol. The fourth-order valence-electron chi connectivity index (χ4n) is 4.99. The molecule has 2 aliphatic rings. The van der Waals surface area contributed by atoms with Gasteiger partial charge in [-0.15, -0.1) is 0 Å². The van der Waals surface area contributed by atoms with E-state index in [-0.39, 0.29) is 18.1 Å². The van der Waals surface area contributed by atoms with Crippen LogP contribution >= 0.6 is 0 Å². The van der Waals surface area contributed by atoms with E-state index in [4.69, 9.17) is 4.43 Å². The number of aromatic amines is 1. The summed E-state index contributed by atoms with van der Waals surface area (Å²) in [4.78, 5) is 18.2. The van der Waals surface area contributed by atoms with Crippen molar-refractivity contribution in [1.29, 1.82) is 0 Å². The zero-order valence-electron chi connectivity index (χ0n) is 16.3. The number of fused-ring (bicyclic) bond motifs is 5. The number of para-hydroxylation sites is 1. The Morgan fingerprint density at radius 3 is 2.81 bits per heavy atom. The summed E-state index contributed by atoms with van der Waals surface area (Å²) < 4.78 is 6.36. The fraction of sp³-hybridized carbons (Fsp3) is 0.571. The van der Waals surface area contributed by atoms with Crippen LogP contribution in [0.15, 0.2) is 24.3 Å². The smallest absolute Gasteiger partial charge is 0.184 e. The Morgan fingerprint density at radius 2 is 2.08 bits per heavy atom. The maximum Gasteiger partial charge on any atom is 0.184 e. The topological polar surface area (TPSA) is 45.3 Å². The van der Waals surface area contributed by atoms with Crippen molar-refractivity contribution in [1.82, 2.24) is 9.88 Å². The number of benzene rings is 1. The lowest BCUT2D eigenvalue weighted by Crippen LogP contribution is -2.50. The highest BCUT2D eigenvalue weighted by molar-refractivity contribution is 6.69. The second-order valence-corrected chi connectivity index (χ2v) is 13.4. The lowest BCUT2D eigenvalue weighted by atomic mass is 9.77. The van der Waals surface area contributed by atoms with E-state index in [0.29, 0.717) is 5.92 Å². The standard InChI is InChI=1S/C21H30N2O2Si/c1-14(25-26(2,3)4)15-11-16(13-24)21-20-18(9-10-23(21)12-15)17-7-5-6-8-19(17)22-20/h5-8,13-16,21-22H,9-12H2,1-4H3/t14-,15-,16-,21-/m1/s1. The molecular weight excluding hydrogens is 340 g/mol. The zero-order chi connectivity index (χ0) is 18.5. The fourth-order valence-corrected chi connectivity index (χ4v) is 6.30. The van der Waals surface area contributed by atoms with Crippen molar-refractivity contribution < 1.29 is 9.22 Å². The highest BCUT2D eigenvalue weighted by atomic mass is 28.4. The molecule has 2 aromatic rings. The third kappa shape index (κ3) is 3.17. The molecule has 26 heavy (non-hydrogen) atoms. The van der Waals surface area contributed by atoms with Crippen LogP contribution in [0.1, 0.15) is 30.6 Å². The minimum atomic E-state index is -1.57. The first kappa shape index (κ1) is 18.0. The van der Waals surface area contributed by atoms with Gasteiger partial charge in [0, 0.05) is 41.7 Å². The second kappa shape index (κ2) is 6.62. The number of carbonyl (C=O) groups excluding carboxylic acids is 1. The molecule has 0 radical (unpaired) electrons. The Kier molecular flexibility index (Phi) is 4.57. The molecule has 140 valence electrons. The van der Waals surface area contributed by atoms with Crippen molar-refractivity contribution in [3.8, 4) is 0 Å². The van der Waals surface area contributed by atoms with Gasteiger partial charge in [0.25, 0.3) is 0 Å². The molecule has 4 atom stereocenters. The van der Waals surface area contributed by atoms with E-state index in [2.05, 4.69) is 60.7 Å². The molecule has 0 spiro atoms. The molecule has 4 rings (SSSR count). The van der Waals surface area contributed by atoms with Crippen LogP contribution in [0.25, 0.3) is 10.9 Å². The largest absolute Gasteiger partial charge is 0.415 e. The predicted octanol–water partition coefficient (Wildman–Crippen LogP) is 4.14. The first-order valence-electron chi connectivity index (χ1n) is 9.84. The summed E-state index contributed by atoms with van der Waals surface area (Å²) in [5.41, 5.74) is 3.88. The third-order valence-electron chi connectivity index (χ3n) is 6.01. The summed E-state index contributed by atoms with van der Waals surface area (Å²) in [7, 11) is -1.57. The number of aldehydes is 1. The van der Waals surface area contributed by atoms with Gasteiger partial charge in [0.1, 0.15) is 6.29 Å². The third-order valence-corrected chi connectivity index (χ3v) is 7.09. The Balaban J connectivity index is 1.63. The number of carbonyl (C=O) groups is 1. The number of hydrogen-bond acceptors (Lipinski definition) is 3. The van der Waals surface area contributed by atoms with Gasteiger partial charge in [-0.05, 0) is 57.0 Å². The highest BCUT2D eigenvalue weighted by Crippen LogP contribution is 2.44. The number of aromatic nitrogens is 1. The van der Waals surface area contributed by atoms with Gasteiger partial charge in [0.15, 0.2) is 8.32 Å². The van der Waals surface area contributed by atoms with E-state index in [1.165, 1.54) is 28.4 Å². The van der Waals surface area contributed by atoms with Crippen molar-refractivity contribution in [3.05, 3.63) is 35.5 Å². The first-order valence-corrected chi connectivity index (χ1v) is 13.2. The average molecular weight is 371 g/mol. The molecule has 3 heterocycles. The summed E-state index contributed by atoms with van der Waals surface area (Å²) >= 11 is 0. The summed E-state index contributed by atoms with van der Waals surface area (Å²) in [5, 5.41) is 1.32. The molecule has 4 nitrogen and oxygen atoms in total. The van der Waals surface area contributed by atoms with Gasteiger partial charge in [-0.2, -0.15) is 0 Å². The van der Waals surface area contributed by atoms with Crippen LogP contribution in [0.2, 0.25) is 19.6 Å². The van der Waals surface area contributed by atoms with Gasteiger partial charge in [-0.1, -0.05) is 18.2 Å². The molecule has 1 fully saturated rings. The maximum absolute atomic E-state index is 12.0. The molecule has 0 saturated carbocycles. The molecule has 0 amide bonds. The lowest BCUT2D eigenvalue weighted by Gasteiger charge is -2.47. The van der Waals surface area contributed by atoms with Gasteiger partial charge < -0.3 is 14.2 Å². The number of H-pyrrole nitrogens is 1. The maximum atomic E-state index is 12.0. The van der Waals surface area contributed by atoms with E-state index in [1.807, 2.05) is 0 Å². The number of hydrogen-bond donors (Lipinski definition) is 1. The van der Waals surface area contributed by atoms with Gasteiger partial charge >= 0.3 is 0 Å². The Morgan fingerprint density at radius 1 is 1.31 bits per heavy atom. The summed E-state index contributed by atoms with van der Waals surface area (Å²) in [6.45, 7) is 11.0. The van der Waals surface area contributed by atoms with Crippen molar-refractivity contribution in [2.24, 2.45) is 11.8 Å². The number of nitrogens with one attached hydrogen (secondary N) is 1. The monoisotopic (exact) mass is 370 g/mol. The normalized spacial score (nSPS) is 27.8. The average Bonchev–Trinajstić information content (AvgIpc) is 2.97. The van der Waals surface area contributed by atoms with Crippen LogP contribution < -0.4 is 0 Å². The van der Waals surface area contributed by atoms with Crippen molar-refractivity contribution in [2.45, 2.75) is 51.6 Å². The molecule has 1 saturated heterocycles. The van der Waals surface area contributed by atoms with Gasteiger partial charge in [0.05, 0.1) is 6.04 Å². The molecule has 1 aromatic carbocycles. The quantitative estimate of drug-likeness (QED) is 0.650. The van der Waals surface area contributed by atoms with Crippen molar-refractivity contribution >= 4 is 25.5 Å². The van der Waals surface area contributed by atoms with E-state index < -0.39 is 8.32 Å². The minimum Gasteiger partial charge on any atom is -0.415 e. The van der Waals surface area contributed by atoms with Crippen molar-refractivity contribution in [3.63, 3.8) is 0 Å². The van der Waals surface area contributed by atoms with E-state index in [0.717, 1.165) is 25.9 Å².